The number of benzene rings is 2. The molecule has 0 aromatic heterocycles. The van der Waals surface area contributed by atoms with Gasteiger partial charge in [0.2, 0.25) is 0 Å². The van der Waals surface area contributed by atoms with Crippen LogP contribution in [0.4, 0.5) is 10.1 Å². The van der Waals surface area contributed by atoms with E-state index in [1.807, 2.05) is 18.2 Å². The Morgan fingerprint density at radius 3 is 2.78 bits per heavy atom. The van der Waals surface area contributed by atoms with E-state index < -0.39 is 0 Å². The number of rotatable bonds is 4. The van der Waals surface area contributed by atoms with Crippen LogP contribution in [-0.4, -0.2) is 7.11 Å². The number of nitrogens with one attached hydrogen (secondary N) is 1. The molecular formula is C14H13ClFNO. The first kappa shape index (κ1) is 12.7. The molecule has 0 aliphatic heterocycles. The summed E-state index contributed by atoms with van der Waals surface area (Å²) in [6.45, 7) is 0.505. The van der Waals surface area contributed by atoms with Crippen molar-refractivity contribution < 1.29 is 9.13 Å². The number of ether oxygens (including phenoxy) is 1. The van der Waals surface area contributed by atoms with E-state index in [2.05, 4.69) is 5.32 Å². The first-order valence-electron chi connectivity index (χ1n) is 5.51. The second kappa shape index (κ2) is 5.74. The first-order chi connectivity index (χ1) is 8.69. The Morgan fingerprint density at radius 2 is 2.06 bits per heavy atom. The summed E-state index contributed by atoms with van der Waals surface area (Å²) < 4.78 is 18.6. The van der Waals surface area contributed by atoms with Gasteiger partial charge in [0, 0.05) is 17.6 Å². The van der Waals surface area contributed by atoms with E-state index in [-0.39, 0.29) is 5.82 Å². The van der Waals surface area contributed by atoms with E-state index in [9.17, 15) is 4.39 Å². The molecule has 0 bridgehead atoms. The SMILES string of the molecule is COc1ccc(F)c(NCc2cccc(Cl)c2)c1. The monoisotopic (exact) mass is 265 g/mol. The Morgan fingerprint density at radius 1 is 1.22 bits per heavy atom. The Hall–Kier alpha value is -1.74. The van der Waals surface area contributed by atoms with E-state index in [0.29, 0.717) is 23.0 Å². The van der Waals surface area contributed by atoms with Gasteiger partial charge in [0.1, 0.15) is 11.6 Å². The van der Waals surface area contributed by atoms with Gasteiger partial charge in [-0.15, -0.1) is 0 Å². The summed E-state index contributed by atoms with van der Waals surface area (Å²) in [5.74, 6) is 0.308. The lowest BCUT2D eigenvalue weighted by atomic mass is 10.2. The topological polar surface area (TPSA) is 21.3 Å². The molecule has 0 amide bonds. The molecule has 2 rings (SSSR count). The zero-order valence-electron chi connectivity index (χ0n) is 9.91. The summed E-state index contributed by atoms with van der Waals surface area (Å²) in [7, 11) is 1.55. The van der Waals surface area contributed by atoms with Gasteiger partial charge < -0.3 is 10.1 Å². The van der Waals surface area contributed by atoms with Crippen LogP contribution in [0.2, 0.25) is 5.02 Å². The van der Waals surface area contributed by atoms with Crippen molar-refractivity contribution in [1.82, 2.24) is 0 Å². The number of halogens is 2. The summed E-state index contributed by atoms with van der Waals surface area (Å²) in [6.07, 6.45) is 0. The molecule has 0 heterocycles. The van der Waals surface area contributed by atoms with Crippen molar-refractivity contribution in [3.05, 3.63) is 58.9 Å². The summed E-state index contributed by atoms with van der Waals surface area (Å²) in [5.41, 5.74) is 1.40. The van der Waals surface area contributed by atoms with Crippen molar-refractivity contribution in [2.45, 2.75) is 6.54 Å². The summed E-state index contributed by atoms with van der Waals surface area (Å²) in [5, 5.41) is 3.68. The summed E-state index contributed by atoms with van der Waals surface area (Å²) >= 11 is 5.88. The molecule has 18 heavy (non-hydrogen) atoms. The fourth-order valence-corrected chi connectivity index (χ4v) is 1.82. The van der Waals surface area contributed by atoms with Crippen molar-refractivity contribution in [1.29, 1.82) is 0 Å². The fourth-order valence-electron chi connectivity index (χ4n) is 1.61. The maximum absolute atomic E-state index is 13.5. The maximum Gasteiger partial charge on any atom is 0.146 e. The summed E-state index contributed by atoms with van der Waals surface area (Å²) in [4.78, 5) is 0. The molecule has 2 aromatic rings. The molecular weight excluding hydrogens is 253 g/mol. The standard InChI is InChI=1S/C14H13ClFNO/c1-18-12-5-6-13(16)14(8-12)17-9-10-3-2-4-11(15)7-10/h2-8,17H,9H2,1H3. The van der Waals surface area contributed by atoms with Crippen LogP contribution >= 0.6 is 11.6 Å². The largest absolute Gasteiger partial charge is 0.497 e. The Kier molecular flexibility index (Phi) is 4.05. The van der Waals surface area contributed by atoms with Gasteiger partial charge in [-0.25, -0.2) is 4.39 Å². The van der Waals surface area contributed by atoms with Gasteiger partial charge in [-0.1, -0.05) is 23.7 Å². The highest BCUT2D eigenvalue weighted by Crippen LogP contribution is 2.22. The summed E-state index contributed by atoms with van der Waals surface area (Å²) in [6, 6.07) is 12.0. The quantitative estimate of drug-likeness (QED) is 0.899. The van der Waals surface area contributed by atoms with E-state index in [1.165, 1.54) is 6.07 Å². The second-order valence-electron chi connectivity index (χ2n) is 3.83. The molecule has 1 N–H and O–H groups in total. The number of hydrogen-bond donors (Lipinski definition) is 1. The molecule has 2 nitrogen and oxygen atoms in total. The molecule has 2 aromatic carbocycles. The van der Waals surface area contributed by atoms with E-state index in [0.717, 1.165) is 5.56 Å². The normalized spacial score (nSPS) is 10.2. The third-order valence-electron chi connectivity index (χ3n) is 2.55. The molecule has 94 valence electrons. The van der Waals surface area contributed by atoms with Crippen molar-refractivity contribution in [3.8, 4) is 5.75 Å². The predicted octanol–water partition coefficient (Wildman–Crippen LogP) is 4.10. The Balaban J connectivity index is 2.10. The van der Waals surface area contributed by atoms with Crippen LogP contribution in [0.1, 0.15) is 5.56 Å². The van der Waals surface area contributed by atoms with Crippen molar-refractivity contribution >= 4 is 17.3 Å². The van der Waals surface area contributed by atoms with Gasteiger partial charge in [-0.3, -0.25) is 0 Å². The van der Waals surface area contributed by atoms with Crippen molar-refractivity contribution in [3.63, 3.8) is 0 Å². The third kappa shape index (κ3) is 3.14. The number of anilines is 1. The number of hydrogen-bond acceptors (Lipinski definition) is 2. The Labute approximate surface area is 110 Å². The van der Waals surface area contributed by atoms with Crippen LogP contribution in [0.5, 0.6) is 5.75 Å². The average molecular weight is 266 g/mol. The lowest BCUT2D eigenvalue weighted by Gasteiger charge is -2.09. The molecule has 0 aliphatic carbocycles. The molecule has 0 saturated carbocycles. The van der Waals surface area contributed by atoms with Crippen LogP contribution in [0, 0.1) is 5.82 Å². The molecule has 0 spiro atoms. The maximum atomic E-state index is 13.5. The average Bonchev–Trinajstić information content (AvgIpc) is 2.38. The number of methoxy groups -OCH3 is 1. The molecule has 0 saturated heterocycles. The molecule has 0 atom stereocenters. The van der Waals surface area contributed by atoms with Gasteiger partial charge in [-0.05, 0) is 29.8 Å². The molecule has 4 heteroatoms. The lowest BCUT2D eigenvalue weighted by molar-refractivity contribution is 0.414. The minimum Gasteiger partial charge on any atom is -0.497 e. The highest BCUT2D eigenvalue weighted by atomic mass is 35.5. The molecule has 0 fully saturated rings. The lowest BCUT2D eigenvalue weighted by Crippen LogP contribution is -2.01. The third-order valence-corrected chi connectivity index (χ3v) is 2.78. The van der Waals surface area contributed by atoms with Crippen LogP contribution in [0.25, 0.3) is 0 Å². The van der Waals surface area contributed by atoms with Gasteiger partial charge in [-0.2, -0.15) is 0 Å². The zero-order chi connectivity index (χ0) is 13.0. The smallest absolute Gasteiger partial charge is 0.146 e. The van der Waals surface area contributed by atoms with Crippen LogP contribution < -0.4 is 10.1 Å². The highest BCUT2D eigenvalue weighted by molar-refractivity contribution is 6.30. The van der Waals surface area contributed by atoms with Crippen LogP contribution in [0.3, 0.4) is 0 Å². The van der Waals surface area contributed by atoms with Crippen molar-refractivity contribution in [2.75, 3.05) is 12.4 Å². The highest BCUT2D eigenvalue weighted by Gasteiger charge is 2.03. The van der Waals surface area contributed by atoms with E-state index in [4.69, 9.17) is 16.3 Å². The first-order valence-corrected chi connectivity index (χ1v) is 5.88. The van der Waals surface area contributed by atoms with Gasteiger partial charge in [0.15, 0.2) is 0 Å². The Bertz CT molecular complexity index is 545. The van der Waals surface area contributed by atoms with Crippen LogP contribution in [0.15, 0.2) is 42.5 Å². The van der Waals surface area contributed by atoms with Gasteiger partial charge in [0.05, 0.1) is 12.8 Å². The minimum atomic E-state index is -0.308. The fraction of sp³-hybridized carbons (Fsp3) is 0.143. The van der Waals surface area contributed by atoms with Crippen molar-refractivity contribution in [2.24, 2.45) is 0 Å². The minimum absolute atomic E-state index is 0.308. The second-order valence-corrected chi connectivity index (χ2v) is 4.27. The molecule has 0 aliphatic rings. The van der Waals surface area contributed by atoms with E-state index in [1.54, 1.807) is 25.3 Å². The zero-order valence-corrected chi connectivity index (χ0v) is 10.7. The molecule has 0 unspecified atom stereocenters. The van der Waals surface area contributed by atoms with Gasteiger partial charge in [0.25, 0.3) is 0 Å². The van der Waals surface area contributed by atoms with Gasteiger partial charge >= 0.3 is 0 Å². The predicted molar refractivity (Wildman–Crippen MR) is 71.7 cm³/mol. The van der Waals surface area contributed by atoms with Crippen LogP contribution in [-0.2, 0) is 6.54 Å². The molecule has 0 radical (unpaired) electrons. The van der Waals surface area contributed by atoms with E-state index >= 15 is 0 Å².